The summed E-state index contributed by atoms with van der Waals surface area (Å²) in [6, 6.07) is 0. The molecule has 0 bridgehead atoms. The van der Waals surface area contributed by atoms with E-state index in [1.165, 1.54) is 0 Å². The molecule has 6 heteroatoms. The van der Waals surface area contributed by atoms with Gasteiger partial charge in [0.05, 0.1) is 5.75 Å². The molecule has 5 nitrogen and oxygen atoms in total. The van der Waals surface area contributed by atoms with Crippen molar-refractivity contribution in [1.29, 1.82) is 0 Å². The standard InChI is InChI=1S/C4H11NO4S/c1-5-2-3-10(7,8)9-4-6/h5-6H,2-4H2,1H3. The van der Waals surface area contributed by atoms with Gasteiger partial charge in [-0.15, -0.1) is 0 Å². The van der Waals surface area contributed by atoms with Crippen molar-refractivity contribution in [2.24, 2.45) is 0 Å². The molecule has 0 radical (unpaired) electrons. The van der Waals surface area contributed by atoms with Gasteiger partial charge in [0.1, 0.15) is 0 Å². The van der Waals surface area contributed by atoms with Crippen molar-refractivity contribution in [1.82, 2.24) is 5.32 Å². The van der Waals surface area contributed by atoms with E-state index in [9.17, 15) is 8.42 Å². The van der Waals surface area contributed by atoms with Crippen molar-refractivity contribution < 1.29 is 17.7 Å². The van der Waals surface area contributed by atoms with E-state index >= 15 is 0 Å². The smallest absolute Gasteiger partial charge is 0.270 e. The third-order valence-electron chi connectivity index (χ3n) is 0.834. The van der Waals surface area contributed by atoms with Gasteiger partial charge in [-0.3, -0.25) is 0 Å². The minimum absolute atomic E-state index is 0.121. The van der Waals surface area contributed by atoms with E-state index in [1.54, 1.807) is 7.05 Å². The molecular weight excluding hydrogens is 158 g/mol. The molecule has 0 rings (SSSR count). The van der Waals surface area contributed by atoms with Gasteiger partial charge in [0.15, 0.2) is 6.79 Å². The van der Waals surface area contributed by atoms with Gasteiger partial charge in [-0.05, 0) is 7.05 Å². The first-order valence-corrected chi connectivity index (χ1v) is 4.32. The Labute approximate surface area is 60.1 Å². The molecule has 62 valence electrons. The van der Waals surface area contributed by atoms with Crippen LogP contribution in [0.3, 0.4) is 0 Å². The number of hydrogen-bond donors (Lipinski definition) is 2. The zero-order chi connectivity index (χ0) is 8.04. The van der Waals surface area contributed by atoms with Crippen molar-refractivity contribution in [2.45, 2.75) is 0 Å². The highest BCUT2D eigenvalue weighted by Gasteiger charge is 2.07. The van der Waals surface area contributed by atoms with Crippen LogP contribution in [0.5, 0.6) is 0 Å². The van der Waals surface area contributed by atoms with Gasteiger partial charge in [0, 0.05) is 6.54 Å². The molecule has 0 heterocycles. The van der Waals surface area contributed by atoms with Gasteiger partial charge in [-0.25, -0.2) is 4.18 Å². The third-order valence-corrected chi connectivity index (χ3v) is 2.00. The second-order valence-corrected chi connectivity index (χ2v) is 3.37. The van der Waals surface area contributed by atoms with E-state index < -0.39 is 16.9 Å². The molecule has 0 saturated heterocycles. The summed E-state index contributed by atoms with van der Waals surface area (Å²) in [6.45, 7) is -0.464. The van der Waals surface area contributed by atoms with Gasteiger partial charge in [-0.2, -0.15) is 8.42 Å². The average Bonchev–Trinajstić information content (AvgIpc) is 1.84. The van der Waals surface area contributed by atoms with Crippen LogP contribution < -0.4 is 5.32 Å². The molecule has 0 atom stereocenters. The normalized spacial score (nSPS) is 11.8. The largest absolute Gasteiger partial charge is 0.369 e. The lowest BCUT2D eigenvalue weighted by Gasteiger charge is -2.00. The van der Waals surface area contributed by atoms with E-state index in [1.807, 2.05) is 0 Å². The van der Waals surface area contributed by atoms with E-state index in [4.69, 9.17) is 5.11 Å². The van der Waals surface area contributed by atoms with Gasteiger partial charge >= 0.3 is 0 Å². The van der Waals surface area contributed by atoms with Crippen molar-refractivity contribution in [3.8, 4) is 0 Å². The monoisotopic (exact) mass is 169 g/mol. The molecule has 10 heavy (non-hydrogen) atoms. The Morgan fingerprint density at radius 2 is 2.20 bits per heavy atom. The lowest BCUT2D eigenvalue weighted by atomic mass is 10.8. The Morgan fingerprint density at radius 1 is 1.60 bits per heavy atom. The fraction of sp³-hybridized carbons (Fsp3) is 1.00. The molecule has 0 spiro atoms. The quantitative estimate of drug-likeness (QED) is 0.387. The SMILES string of the molecule is CNCCS(=O)(=O)OCO. The average molecular weight is 169 g/mol. The van der Waals surface area contributed by atoms with Gasteiger partial charge in [-0.1, -0.05) is 0 Å². The molecule has 0 aliphatic rings. The van der Waals surface area contributed by atoms with Gasteiger partial charge < -0.3 is 10.4 Å². The number of aliphatic hydroxyl groups is 1. The Kier molecular flexibility index (Phi) is 4.54. The van der Waals surface area contributed by atoms with Crippen LogP contribution in [0.1, 0.15) is 0 Å². The Morgan fingerprint density at radius 3 is 2.60 bits per heavy atom. The first-order chi connectivity index (χ1) is 4.62. The van der Waals surface area contributed by atoms with E-state index in [-0.39, 0.29) is 5.75 Å². The zero-order valence-electron chi connectivity index (χ0n) is 5.70. The maximum absolute atomic E-state index is 10.6. The van der Waals surface area contributed by atoms with Crippen LogP contribution in [0.25, 0.3) is 0 Å². The van der Waals surface area contributed by atoms with Crippen LogP contribution in [-0.2, 0) is 14.3 Å². The molecule has 0 amide bonds. The maximum atomic E-state index is 10.6. The Hall–Kier alpha value is -0.170. The summed E-state index contributed by atoms with van der Waals surface area (Å²) in [5.74, 6) is -0.121. The topological polar surface area (TPSA) is 75.6 Å². The number of rotatable bonds is 5. The zero-order valence-corrected chi connectivity index (χ0v) is 6.52. The first-order valence-electron chi connectivity index (χ1n) is 2.75. The van der Waals surface area contributed by atoms with Crippen molar-refractivity contribution >= 4 is 10.1 Å². The predicted molar refractivity (Wildman–Crippen MR) is 35.9 cm³/mol. The van der Waals surface area contributed by atoms with E-state index in [0.29, 0.717) is 6.54 Å². The van der Waals surface area contributed by atoms with Crippen LogP contribution in [0.15, 0.2) is 0 Å². The Balaban J connectivity index is 3.65. The van der Waals surface area contributed by atoms with Crippen LogP contribution in [0.2, 0.25) is 0 Å². The second kappa shape index (κ2) is 4.62. The molecule has 0 aromatic rings. The lowest BCUT2D eigenvalue weighted by Crippen LogP contribution is -2.21. The second-order valence-electron chi connectivity index (χ2n) is 1.61. The highest BCUT2D eigenvalue weighted by atomic mass is 32.2. The lowest BCUT2D eigenvalue weighted by molar-refractivity contribution is 0.105. The molecular formula is C4H11NO4S. The summed E-state index contributed by atoms with van der Waals surface area (Å²) in [5.41, 5.74) is 0. The van der Waals surface area contributed by atoms with Gasteiger partial charge in [0.25, 0.3) is 10.1 Å². The number of aliphatic hydroxyl groups excluding tert-OH is 1. The van der Waals surface area contributed by atoms with E-state index in [2.05, 4.69) is 9.50 Å². The third kappa shape index (κ3) is 4.68. The molecule has 0 aliphatic carbocycles. The summed E-state index contributed by atoms with van der Waals surface area (Å²) in [7, 11) is -1.87. The van der Waals surface area contributed by atoms with E-state index in [0.717, 1.165) is 0 Å². The summed E-state index contributed by atoms with van der Waals surface area (Å²) in [4.78, 5) is 0. The van der Waals surface area contributed by atoms with Crippen molar-refractivity contribution in [3.63, 3.8) is 0 Å². The number of nitrogens with one attached hydrogen (secondary N) is 1. The fourth-order valence-electron chi connectivity index (χ4n) is 0.366. The van der Waals surface area contributed by atoms with Gasteiger partial charge in [0.2, 0.25) is 0 Å². The minimum Gasteiger partial charge on any atom is -0.369 e. The molecule has 0 aromatic carbocycles. The molecule has 0 saturated carbocycles. The predicted octanol–water partition coefficient (Wildman–Crippen LogP) is -1.50. The molecule has 0 fully saturated rings. The highest BCUT2D eigenvalue weighted by molar-refractivity contribution is 7.86. The molecule has 0 unspecified atom stereocenters. The molecule has 2 N–H and O–H groups in total. The molecule has 0 aromatic heterocycles. The van der Waals surface area contributed by atoms with Crippen LogP contribution >= 0.6 is 0 Å². The molecule has 0 aliphatic heterocycles. The summed E-state index contributed by atoms with van der Waals surface area (Å²) < 4.78 is 25.2. The first kappa shape index (κ1) is 9.83. The fourth-order valence-corrected chi connectivity index (χ4v) is 1.10. The summed E-state index contributed by atoms with van der Waals surface area (Å²) in [5, 5.41) is 10.7. The maximum Gasteiger partial charge on any atom is 0.270 e. The highest BCUT2D eigenvalue weighted by Crippen LogP contribution is 1.89. The van der Waals surface area contributed by atoms with Crippen LogP contribution in [0.4, 0.5) is 0 Å². The van der Waals surface area contributed by atoms with Crippen molar-refractivity contribution in [3.05, 3.63) is 0 Å². The van der Waals surface area contributed by atoms with Crippen LogP contribution in [0, 0.1) is 0 Å². The van der Waals surface area contributed by atoms with Crippen molar-refractivity contribution in [2.75, 3.05) is 26.1 Å². The number of hydrogen-bond acceptors (Lipinski definition) is 5. The van der Waals surface area contributed by atoms with Crippen LogP contribution in [-0.4, -0.2) is 39.7 Å². The summed E-state index contributed by atoms with van der Waals surface area (Å²) >= 11 is 0. The Bertz CT molecular complexity index is 164. The summed E-state index contributed by atoms with van der Waals surface area (Å²) in [6.07, 6.45) is 0. The minimum atomic E-state index is -3.51.